The van der Waals surface area contributed by atoms with E-state index in [1.54, 1.807) is 0 Å². The second kappa shape index (κ2) is 4.42. The Morgan fingerprint density at radius 1 is 1.05 bits per heavy atom. The maximum absolute atomic E-state index is 11.8. The molecule has 0 aromatic carbocycles. The SMILES string of the molecule is C=C1CC(O)C2C(=C)C(=O)OC2C2C(=C)CC(=O)CC12. The molecule has 3 aliphatic rings. The van der Waals surface area contributed by atoms with Crippen LogP contribution in [0.3, 0.4) is 0 Å². The molecule has 3 fully saturated rings. The van der Waals surface area contributed by atoms with Gasteiger partial charge in [-0.25, -0.2) is 4.79 Å². The zero-order chi connectivity index (χ0) is 14.6. The molecule has 0 bridgehead atoms. The number of fused-ring (bicyclic) bond motifs is 3. The first-order valence-electron chi connectivity index (χ1n) is 6.85. The quantitative estimate of drug-likeness (QED) is 0.413. The lowest BCUT2D eigenvalue weighted by Crippen LogP contribution is -2.38. The molecule has 2 aliphatic carbocycles. The molecule has 0 amide bonds. The van der Waals surface area contributed by atoms with Crippen LogP contribution < -0.4 is 0 Å². The lowest BCUT2D eigenvalue weighted by molar-refractivity contribution is -0.142. The molecule has 0 radical (unpaired) electrons. The van der Waals surface area contributed by atoms with Gasteiger partial charge in [0.2, 0.25) is 0 Å². The Labute approximate surface area is 117 Å². The van der Waals surface area contributed by atoms with Crippen LogP contribution >= 0.6 is 0 Å². The molecule has 1 saturated heterocycles. The average Bonchev–Trinajstić information content (AvgIpc) is 2.58. The van der Waals surface area contributed by atoms with Gasteiger partial charge in [-0.15, -0.1) is 0 Å². The highest BCUT2D eigenvalue weighted by molar-refractivity contribution is 5.91. The molecule has 5 unspecified atom stereocenters. The number of carbonyl (C=O) groups excluding carboxylic acids is 2. The molecule has 3 rings (SSSR count). The summed E-state index contributed by atoms with van der Waals surface area (Å²) in [5.74, 6) is -0.958. The Morgan fingerprint density at radius 3 is 2.45 bits per heavy atom. The van der Waals surface area contributed by atoms with E-state index in [2.05, 4.69) is 19.7 Å². The van der Waals surface area contributed by atoms with Crippen molar-refractivity contribution in [1.82, 2.24) is 0 Å². The fourth-order valence-electron chi connectivity index (χ4n) is 3.86. The van der Waals surface area contributed by atoms with Crippen molar-refractivity contribution in [3.63, 3.8) is 0 Å². The summed E-state index contributed by atoms with van der Waals surface area (Å²) in [6.45, 7) is 11.8. The number of Topliss-reactive ketones (excluding diaryl/α,β-unsaturated/α-hetero) is 1. The highest BCUT2D eigenvalue weighted by atomic mass is 16.6. The summed E-state index contributed by atoms with van der Waals surface area (Å²) >= 11 is 0. The molecule has 1 heterocycles. The van der Waals surface area contributed by atoms with Crippen LogP contribution in [0.15, 0.2) is 36.5 Å². The third-order valence-electron chi connectivity index (χ3n) is 4.80. The normalized spacial score (nSPS) is 41.0. The van der Waals surface area contributed by atoms with Gasteiger partial charge in [-0.1, -0.05) is 30.9 Å². The first kappa shape index (κ1) is 13.3. The molecule has 4 nitrogen and oxygen atoms in total. The molecule has 4 heteroatoms. The van der Waals surface area contributed by atoms with Crippen molar-refractivity contribution in [3.05, 3.63) is 36.5 Å². The van der Waals surface area contributed by atoms with E-state index in [0.717, 1.165) is 11.1 Å². The lowest BCUT2D eigenvalue weighted by atomic mass is 9.69. The molecule has 106 valence electrons. The standard InChI is InChI=1S/C16H18O4/c1-7-5-12(18)14-9(3)16(19)20-15(14)13-8(2)4-10(17)6-11(7)13/h11-15,18H,1-6H2. The monoisotopic (exact) mass is 274 g/mol. The molecule has 0 aromatic rings. The van der Waals surface area contributed by atoms with E-state index in [1.165, 1.54) is 0 Å². The van der Waals surface area contributed by atoms with Gasteiger partial charge in [0.05, 0.1) is 12.0 Å². The van der Waals surface area contributed by atoms with Crippen molar-refractivity contribution in [2.75, 3.05) is 0 Å². The van der Waals surface area contributed by atoms with Gasteiger partial charge in [-0.2, -0.15) is 0 Å². The molecular formula is C16H18O4. The molecular weight excluding hydrogens is 256 g/mol. The number of aliphatic hydroxyl groups is 1. The van der Waals surface area contributed by atoms with Gasteiger partial charge in [0.1, 0.15) is 11.9 Å². The summed E-state index contributed by atoms with van der Waals surface area (Å²) in [4.78, 5) is 23.6. The summed E-state index contributed by atoms with van der Waals surface area (Å²) in [6.07, 6.45) is -0.117. The van der Waals surface area contributed by atoms with Gasteiger partial charge in [-0.05, 0) is 12.3 Å². The molecule has 0 spiro atoms. The average molecular weight is 274 g/mol. The highest BCUT2D eigenvalue weighted by Gasteiger charge is 2.53. The lowest BCUT2D eigenvalue weighted by Gasteiger charge is -2.36. The predicted octanol–water partition coefficient (Wildman–Crippen LogP) is 1.56. The Kier molecular flexibility index (Phi) is 2.94. The van der Waals surface area contributed by atoms with Crippen molar-refractivity contribution in [1.29, 1.82) is 0 Å². The van der Waals surface area contributed by atoms with Crippen LogP contribution in [-0.2, 0) is 14.3 Å². The van der Waals surface area contributed by atoms with Gasteiger partial charge in [0.25, 0.3) is 0 Å². The second-order valence-electron chi connectivity index (χ2n) is 6.06. The van der Waals surface area contributed by atoms with Gasteiger partial charge in [0.15, 0.2) is 0 Å². The van der Waals surface area contributed by atoms with Crippen LogP contribution in [0.2, 0.25) is 0 Å². The van der Waals surface area contributed by atoms with Crippen molar-refractivity contribution < 1.29 is 19.4 Å². The summed E-state index contributed by atoms with van der Waals surface area (Å²) in [7, 11) is 0. The number of carbonyl (C=O) groups is 2. The minimum absolute atomic E-state index is 0.0906. The summed E-state index contributed by atoms with van der Waals surface area (Å²) < 4.78 is 5.44. The van der Waals surface area contributed by atoms with E-state index in [9.17, 15) is 14.7 Å². The maximum Gasteiger partial charge on any atom is 0.334 e. The smallest absolute Gasteiger partial charge is 0.334 e. The molecule has 5 atom stereocenters. The predicted molar refractivity (Wildman–Crippen MR) is 72.6 cm³/mol. The molecule has 20 heavy (non-hydrogen) atoms. The topological polar surface area (TPSA) is 63.6 Å². The number of aliphatic hydroxyl groups excluding tert-OH is 1. The second-order valence-corrected chi connectivity index (χ2v) is 6.06. The van der Waals surface area contributed by atoms with E-state index in [1.807, 2.05) is 0 Å². The summed E-state index contributed by atoms with van der Waals surface area (Å²) in [5.41, 5.74) is 1.94. The van der Waals surface area contributed by atoms with Gasteiger partial charge < -0.3 is 9.84 Å². The van der Waals surface area contributed by atoms with E-state index in [4.69, 9.17) is 4.74 Å². The van der Waals surface area contributed by atoms with Crippen LogP contribution in [0.4, 0.5) is 0 Å². The van der Waals surface area contributed by atoms with E-state index >= 15 is 0 Å². The Morgan fingerprint density at radius 2 is 1.75 bits per heavy atom. The van der Waals surface area contributed by atoms with Crippen LogP contribution in [0.5, 0.6) is 0 Å². The first-order chi connectivity index (χ1) is 9.40. The number of ketones is 1. The van der Waals surface area contributed by atoms with Gasteiger partial charge in [-0.3, -0.25) is 4.79 Å². The van der Waals surface area contributed by atoms with Crippen LogP contribution in [-0.4, -0.2) is 29.1 Å². The molecule has 0 aromatic heterocycles. The van der Waals surface area contributed by atoms with Crippen LogP contribution in [0.1, 0.15) is 19.3 Å². The Hall–Kier alpha value is -1.68. The molecule has 1 N–H and O–H groups in total. The Balaban J connectivity index is 2.05. The zero-order valence-corrected chi connectivity index (χ0v) is 11.3. The number of esters is 1. The first-order valence-corrected chi connectivity index (χ1v) is 6.85. The summed E-state index contributed by atoms with van der Waals surface area (Å²) in [5, 5.41) is 10.3. The van der Waals surface area contributed by atoms with Crippen molar-refractivity contribution in [2.24, 2.45) is 17.8 Å². The largest absolute Gasteiger partial charge is 0.458 e. The van der Waals surface area contributed by atoms with Gasteiger partial charge >= 0.3 is 5.97 Å². The molecule has 2 saturated carbocycles. The number of hydrogen-bond donors (Lipinski definition) is 1. The summed E-state index contributed by atoms with van der Waals surface area (Å²) in [6, 6.07) is 0. The number of hydrogen-bond acceptors (Lipinski definition) is 4. The third kappa shape index (κ3) is 1.79. The zero-order valence-electron chi connectivity index (χ0n) is 11.3. The maximum atomic E-state index is 11.8. The van der Waals surface area contributed by atoms with Crippen molar-refractivity contribution >= 4 is 11.8 Å². The van der Waals surface area contributed by atoms with Crippen LogP contribution in [0.25, 0.3) is 0 Å². The van der Waals surface area contributed by atoms with Gasteiger partial charge in [0, 0.05) is 24.3 Å². The van der Waals surface area contributed by atoms with E-state index in [0.29, 0.717) is 24.8 Å². The van der Waals surface area contributed by atoms with Crippen molar-refractivity contribution in [3.8, 4) is 0 Å². The number of rotatable bonds is 0. The van der Waals surface area contributed by atoms with E-state index in [-0.39, 0.29) is 17.6 Å². The fourth-order valence-corrected chi connectivity index (χ4v) is 3.86. The molecule has 1 aliphatic heterocycles. The third-order valence-corrected chi connectivity index (χ3v) is 4.80. The fraction of sp³-hybridized carbons (Fsp3) is 0.500. The number of ether oxygens (including phenoxy) is 1. The van der Waals surface area contributed by atoms with Crippen molar-refractivity contribution in [2.45, 2.75) is 31.5 Å². The minimum atomic E-state index is -0.736. The highest BCUT2D eigenvalue weighted by Crippen LogP contribution is 2.49. The van der Waals surface area contributed by atoms with E-state index < -0.39 is 24.1 Å². The van der Waals surface area contributed by atoms with Crippen LogP contribution in [0, 0.1) is 17.8 Å². The minimum Gasteiger partial charge on any atom is -0.458 e. The Bertz CT molecular complexity index is 545.